The number of hydrogen-bond acceptors (Lipinski definition) is 4. The van der Waals surface area contributed by atoms with Crippen LogP contribution in [0.4, 0.5) is 21.5 Å². The first-order valence-corrected chi connectivity index (χ1v) is 6.00. The molecule has 0 bridgehead atoms. The van der Waals surface area contributed by atoms with Gasteiger partial charge in [-0.3, -0.25) is 10.1 Å². The van der Waals surface area contributed by atoms with E-state index in [4.69, 9.17) is 16.7 Å². The molecule has 0 aliphatic heterocycles. The molecule has 0 heterocycles. The van der Waals surface area contributed by atoms with Crippen molar-refractivity contribution < 1.29 is 19.2 Å². The Morgan fingerprint density at radius 1 is 1.33 bits per heavy atom. The number of benzene rings is 2. The van der Waals surface area contributed by atoms with Crippen molar-refractivity contribution in [1.82, 2.24) is 0 Å². The van der Waals surface area contributed by atoms with Crippen molar-refractivity contribution >= 4 is 34.6 Å². The number of nitrogens with one attached hydrogen (secondary N) is 1. The average Bonchev–Trinajstić information content (AvgIpc) is 2.42. The van der Waals surface area contributed by atoms with E-state index >= 15 is 0 Å². The van der Waals surface area contributed by atoms with E-state index < -0.39 is 22.4 Å². The molecule has 108 valence electrons. The van der Waals surface area contributed by atoms with Gasteiger partial charge in [-0.1, -0.05) is 17.7 Å². The molecule has 2 N–H and O–H groups in total. The minimum absolute atomic E-state index is 0.0478. The number of carboxylic acids is 1. The molecule has 2 rings (SSSR count). The van der Waals surface area contributed by atoms with Crippen molar-refractivity contribution in [3.05, 3.63) is 62.9 Å². The molecule has 0 radical (unpaired) electrons. The molecule has 2 aromatic carbocycles. The Morgan fingerprint density at radius 3 is 2.62 bits per heavy atom. The van der Waals surface area contributed by atoms with Gasteiger partial charge < -0.3 is 10.4 Å². The van der Waals surface area contributed by atoms with Crippen LogP contribution in [0, 0.1) is 15.9 Å². The van der Waals surface area contributed by atoms with Gasteiger partial charge in [-0.25, -0.2) is 9.18 Å². The fourth-order valence-electron chi connectivity index (χ4n) is 1.67. The maximum atomic E-state index is 13.7. The molecule has 8 heteroatoms. The first-order valence-electron chi connectivity index (χ1n) is 5.63. The van der Waals surface area contributed by atoms with Gasteiger partial charge in [-0.15, -0.1) is 0 Å². The van der Waals surface area contributed by atoms with E-state index in [1.165, 1.54) is 24.3 Å². The molecular weight excluding hydrogens is 303 g/mol. The highest BCUT2D eigenvalue weighted by Crippen LogP contribution is 2.33. The molecule has 0 aliphatic carbocycles. The lowest BCUT2D eigenvalue weighted by atomic mass is 10.1. The summed E-state index contributed by atoms with van der Waals surface area (Å²) in [5.41, 5.74) is -0.913. The standard InChI is InChI=1S/C13H8ClFN2O4/c14-8-2-1-3-9(15)12(8)16-10-5-4-7(13(18)19)6-11(10)17(20)21/h1-6,16H,(H,18,19). The van der Waals surface area contributed by atoms with Crippen LogP contribution in [-0.4, -0.2) is 16.0 Å². The minimum atomic E-state index is -1.30. The summed E-state index contributed by atoms with van der Waals surface area (Å²) >= 11 is 5.83. The first kappa shape index (κ1) is 14.7. The van der Waals surface area contributed by atoms with E-state index in [1.54, 1.807) is 0 Å². The van der Waals surface area contributed by atoms with Crippen LogP contribution in [0.3, 0.4) is 0 Å². The van der Waals surface area contributed by atoms with Crippen LogP contribution in [0.1, 0.15) is 10.4 Å². The third kappa shape index (κ3) is 3.09. The van der Waals surface area contributed by atoms with Gasteiger partial charge in [0.05, 0.1) is 21.2 Å². The number of carbonyl (C=O) groups is 1. The lowest BCUT2D eigenvalue weighted by Crippen LogP contribution is -2.03. The topological polar surface area (TPSA) is 92.5 Å². The monoisotopic (exact) mass is 310 g/mol. The lowest BCUT2D eigenvalue weighted by molar-refractivity contribution is -0.383. The molecule has 0 unspecified atom stereocenters. The van der Waals surface area contributed by atoms with Gasteiger partial charge in [-0.05, 0) is 24.3 Å². The molecular formula is C13H8ClFN2O4. The molecule has 0 saturated heterocycles. The zero-order valence-electron chi connectivity index (χ0n) is 10.3. The molecule has 0 atom stereocenters. The zero-order chi connectivity index (χ0) is 15.6. The van der Waals surface area contributed by atoms with Gasteiger partial charge in [0.2, 0.25) is 0 Å². The largest absolute Gasteiger partial charge is 0.478 e. The smallest absolute Gasteiger partial charge is 0.335 e. The third-order valence-corrected chi connectivity index (χ3v) is 2.98. The minimum Gasteiger partial charge on any atom is -0.478 e. The van der Waals surface area contributed by atoms with E-state index in [-0.39, 0.29) is 22.0 Å². The highest BCUT2D eigenvalue weighted by Gasteiger charge is 2.19. The van der Waals surface area contributed by atoms with Crippen molar-refractivity contribution in [2.75, 3.05) is 5.32 Å². The Balaban J connectivity index is 2.49. The molecule has 6 nitrogen and oxygen atoms in total. The van der Waals surface area contributed by atoms with Crippen LogP contribution in [0.2, 0.25) is 5.02 Å². The summed E-state index contributed by atoms with van der Waals surface area (Å²) in [6.45, 7) is 0. The number of nitro groups is 1. The second kappa shape index (κ2) is 5.76. The molecule has 0 saturated carbocycles. The second-order valence-electron chi connectivity index (χ2n) is 4.02. The number of carboxylic acid groups (broad SMARTS) is 1. The number of para-hydroxylation sites is 1. The normalized spacial score (nSPS) is 10.2. The Labute approximate surface area is 122 Å². The Hall–Kier alpha value is -2.67. The molecule has 0 fully saturated rings. The summed E-state index contributed by atoms with van der Waals surface area (Å²) in [5.74, 6) is -1.98. The number of nitrogens with zero attached hydrogens (tertiary/aromatic N) is 1. The van der Waals surface area contributed by atoms with Crippen LogP contribution in [0.25, 0.3) is 0 Å². The van der Waals surface area contributed by atoms with Gasteiger partial charge in [0.25, 0.3) is 5.69 Å². The van der Waals surface area contributed by atoms with Gasteiger partial charge in [-0.2, -0.15) is 0 Å². The van der Waals surface area contributed by atoms with Crippen LogP contribution in [-0.2, 0) is 0 Å². The fraction of sp³-hybridized carbons (Fsp3) is 0. The Morgan fingerprint density at radius 2 is 2.05 bits per heavy atom. The number of nitro benzene ring substituents is 1. The lowest BCUT2D eigenvalue weighted by Gasteiger charge is -2.10. The molecule has 21 heavy (non-hydrogen) atoms. The number of hydrogen-bond donors (Lipinski definition) is 2. The summed E-state index contributed by atoms with van der Waals surface area (Å²) in [7, 11) is 0. The van der Waals surface area contributed by atoms with Crippen LogP contribution in [0.15, 0.2) is 36.4 Å². The summed E-state index contributed by atoms with van der Waals surface area (Å²) in [5, 5.41) is 22.4. The summed E-state index contributed by atoms with van der Waals surface area (Å²) < 4.78 is 13.7. The number of rotatable bonds is 4. The summed E-state index contributed by atoms with van der Waals surface area (Å²) in [6, 6.07) is 7.21. The van der Waals surface area contributed by atoms with Crippen LogP contribution < -0.4 is 5.32 Å². The van der Waals surface area contributed by atoms with E-state index in [2.05, 4.69) is 5.32 Å². The van der Waals surface area contributed by atoms with Gasteiger partial charge in [0.1, 0.15) is 11.5 Å². The summed E-state index contributed by atoms with van der Waals surface area (Å²) in [4.78, 5) is 21.1. The van der Waals surface area contributed by atoms with Gasteiger partial charge in [0, 0.05) is 6.07 Å². The molecule has 0 spiro atoms. The highest BCUT2D eigenvalue weighted by atomic mass is 35.5. The van der Waals surface area contributed by atoms with Crippen LogP contribution in [0.5, 0.6) is 0 Å². The molecule has 0 aliphatic rings. The third-order valence-electron chi connectivity index (χ3n) is 2.66. The second-order valence-corrected chi connectivity index (χ2v) is 4.42. The molecule has 2 aromatic rings. The number of aromatic carboxylic acids is 1. The highest BCUT2D eigenvalue weighted by molar-refractivity contribution is 6.33. The number of halogens is 2. The van der Waals surface area contributed by atoms with Gasteiger partial charge >= 0.3 is 5.97 Å². The van der Waals surface area contributed by atoms with Crippen LogP contribution >= 0.6 is 11.6 Å². The maximum Gasteiger partial charge on any atom is 0.335 e. The van der Waals surface area contributed by atoms with E-state index in [0.717, 1.165) is 12.1 Å². The van der Waals surface area contributed by atoms with Crippen molar-refractivity contribution in [1.29, 1.82) is 0 Å². The Kier molecular flexibility index (Phi) is 4.04. The van der Waals surface area contributed by atoms with Crippen molar-refractivity contribution in [2.45, 2.75) is 0 Å². The Bertz CT molecular complexity index is 716. The molecule has 0 aromatic heterocycles. The van der Waals surface area contributed by atoms with E-state index in [1.807, 2.05) is 0 Å². The maximum absolute atomic E-state index is 13.7. The molecule has 0 amide bonds. The van der Waals surface area contributed by atoms with Crippen molar-refractivity contribution in [2.24, 2.45) is 0 Å². The predicted molar refractivity (Wildman–Crippen MR) is 74.7 cm³/mol. The average molecular weight is 311 g/mol. The van der Waals surface area contributed by atoms with E-state index in [9.17, 15) is 19.3 Å². The zero-order valence-corrected chi connectivity index (χ0v) is 11.1. The van der Waals surface area contributed by atoms with E-state index in [0.29, 0.717) is 0 Å². The predicted octanol–water partition coefficient (Wildman–Crippen LogP) is 3.83. The first-order chi connectivity index (χ1) is 9.90. The van der Waals surface area contributed by atoms with Gasteiger partial charge in [0.15, 0.2) is 0 Å². The number of anilines is 2. The quantitative estimate of drug-likeness (QED) is 0.661. The van der Waals surface area contributed by atoms with Crippen molar-refractivity contribution in [3.63, 3.8) is 0 Å². The fourth-order valence-corrected chi connectivity index (χ4v) is 1.88. The van der Waals surface area contributed by atoms with Crippen molar-refractivity contribution in [3.8, 4) is 0 Å². The SMILES string of the molecule is O=C(O)c1ccc(Nc2c(F)cccc2Cl)c([N+](=O)[O-])c1. The summed E-state index contributed by atoms with van der Waals surface area (Å²) in [6.07, 6.45) is 0.